The van der Waals surface area contributed by atoms with Gasteiger partial charge in [0.2, 0.25) is 0 Å². The maximum atomic E-state index is 3.87. The van der Waals surface area contributed by atoms with E-state index in [-0.39, 0.29) is 0 Å². The number of hydrogen-bond donors (Lipinski definition) is 1. The first-order chi connectivity index (χ1) is 9.70. The van der Waals surface area contributed by atoms with Crippen LogP contribution < -0.4 is 5.32 Å². The molecule has 1 saturated carbocycles. The summed E-state index contributed by atoms with van der Waals surface area (Å²) in [7, 11) is 0. The summed E-state index contributed by atoms with van der Waals surface area (Å²) in [5, 5.41) is 3.60. The van der Waals surface area contributed by atoms with Crippen LogP contribution in [-0.2, 0) is 13.0 Å². The number of nitrogens with one attached hydrogen (secondary N) is 1. The molecule has 20 heavy (non-hydrogen) atoms. The highest BCUT2D eigenvalue weighted by Crippen LogP contribution is 2.19. The van der Waals surface area contributed by atoms with Crippen molar-refractivity contribution in [1.82, 2.24) is 10.2 Å². The van der Waals surface area contributed by atoms with E-state index in [1.165, 1.54) is 24.0 Å². The third-order valence-corrected chi connectivity index (χ3v) is 3.99. The second-order valence-electron chi connectivity index (χ2n) is 6.06. The summed E-state index contributed by atoms with van der Waals surface area (Å²) in [6.45, 7) is 11.4. The van der Waals surface area contributed by atoms with Crippen LogP contribution in [0.5, 0.6) is 0 Å². The van der Waals surface area contributed by atoms with Crippen molar-refractivity contribution in [3.63, 3.8) is 0 Å². The van der Waals surface area contributed by atoms with Crippen LogP contribution in [-0.4, -0.2) is 30.1 Å². The Morgan fingerprint density at radius 2 is 2.00 bits per heavy atom. The molecule has 110 valence electrons. The average Bonchev–Trinajstić information content (AvgIpc) is 3.24. The van der Waals surface area contributed by atoms with Gasteiger partial charge in [-0.1, -0.05) is 30.3 Å². The Kier molecular flexibility index (Phi) is 5.81. The average molecular weight is 272 g/mol. The lowest BCUT2D eigenvalue weighted by Gasteiger charge is -2.26. The Labute approximate surface area is 123 Å². The Morgan fingerprint density at radius 1 is 1.30 bits per heavy atom. The number of nitrogens with zero attached hydrogens (tertiary/aromatic N) is 1. The van der Waals surface area contributed by atoms with Crippen molar-refractivity contribution in [3.05, 3.63) is 48.0 Å². The van der Waals surface area contributed by atoms with Gasteiger partial charge in [-0.3, -0.25) is 4.90 Å². The highest BCUT2D eigenvalue weighted by atomic mass is 15.1. The van der Waals surface area contributed by atoms with Gasteiger partial charge in [-0.25, -0.2) is 0 Å². The van der Waals surface area contributed by atoms with E-state index >= 15 is 0 Å². The molecule has 2 nitrogen and oxygen atoms in total. The van der Waals surface area contributed by atoms with Crippen molar-refractivity contribution in [2.24, 2.45) is 0 Å². The first-order valence-corrected chi connectivity index (χ1v) is 7.86. The molecular weight excluding hydrogens is 244 g/mol. The molecule has 1 aromatic rings. The van der Waals surface area contributed by atoms with E-state index in [2.05, 4.69) is 54.9 Å². The zero-order chi connectivity index (χ0) is 14.4. The van der Waals surface area contributed by atoms with Crippen molar-refractivity contribution in [2.75, 3.05) is 13.1 Å². The molecule has 0 heterocycles. The van der Waals surface area contributed by atoms with Crippen molar-refractivity contribution in [3.8, 4) is 0 Å². The Morgan fingerprint density at radius 3 is 2.60 bits per heavy atom. The van der Waals surface area contributed by atoms with E-state index in [1.54, 1.807) is 0 Å². The molecule has 0 bridgehead atoms. The van der Waals surface area contributed by atoms with Crippen LogP contribution in [0.1, 0.15) is 37.8 Å². The first kappa shape index (κ1) is 15.3. The molecule has 2 heteroatoms. The van der Waals surface area contributed by atoms with E-state index in [0.29, 0.717) is 6.04 Å². The van der Waals surface area contributed by atoms with Crippen LogP contribution in [0.2, 0.25) is 0 Å². The zero-order valence-corrected chi connectivity index (χ0v) is 12.9. The van der Waals surface area contributed by atoms with Crippen molar-refractivity contribution in [1.29, 1.82) is 0 Å². The SMILES string of the molecule is C=CCN(Cc1ccccc1CCNC1CC1)C(C)C. The van der Waals surface area contributed by atoms with Gasteiger partial charge in [0.1, 0.15) is 0 Å². The minimum atomic E-state index is 0.547. The molecule has 0 amide bonds. The standard InChI is InChI=1S/C18H28N2/c1-4-13-20(15(2)3)14-17-8-6-5-7-16(17)11-12-19-18-9-10-18/h4-8,15,18-19H,1,9-14H2,2-3H3. The number of rotatable bonds is 9. The lowest BCUT2D eigenvalue weighted by molar-refractivity contribution is 0.237. The normalized spacial score (nSPS) is 15.0. The van der Waals surface area contributed by atoms with Crippen LogP contribution >= 0.6 is 0 Å². The minimum absolute atomic E-state index is 0.547. The minimum Gasteiger partial charge on any atom is -0.314 e. The maximum absolute atomic E-state index is 3.87. The van der Waals surface area contributed by atoms with Gasteiger partial charge in [-0.2, -0.15) is 0 Å². The third-order valence-electron chi connectivity index (χ3n) is 3.99. The number of benzene rings is 1. The molecule has 0 aromatic heterocycles. The summed E-state index contributed by atoms with van der Waals surface area (Å²) in [5.74, 6) is 0. The van der Waals surface area contributed by atoms with E-state index in [1.807, 2.05) is 6.08 Å². The van der Waals surface area contributed by atoms with Crippen molar-refractivity contribution < 1.29 is 0 Å². The highest BCUT2D eigenvalue weighted by Gasteiger charge is 2.19. The lowest BCUT2D eigenvalue weighted by Crippen LogP contribution is -2.31. The van der Waals surface area contributed by atoms with Crippen molar-refractivity contribution in [2.45, 2.75) is 51.7 Å². The quantitative estimate of drug-likeness (QED) is 0.693. The fourth-order valence-electron chi connectivity index (χ4n) is 2.50. The molecule has 1 aromatic carbocycles. The van der Waals surface area contributed by atoms with Crippen molar-refractivity contribution >= 4 is 0 Å². The van der Waals surface area contributed by atoms with E-state index in [0.717, 1.165) is 32.1 Å². The molecule has 2 rings (SSSR count). The summed E-state index contributed by atoms with van der Waals surface area (Å²) in [6.07, 6.45) is 5.86. The fraction of sp³-hybridized carbons (Fsp3) is 0.556. The first-order valence-electron chi connectivity index (χ1n) is 7.86. The topological polar surface area (TPSA) is 15.3 Å². The Balaban J connectivity index is 1.95. The molecule has 1 aliphatic rings. The van der Waals surface area contributed by atoms with Crippen LogP contribution in [0, 0.1) is 0 Å². The van der Waals surface area contributed by atoms with E-state index < -0.39 is 0 Å². The largest absolute Gasteiger partial charge is 0.314 e. The van der Waals surface area contributed by atoms with Crippen LogP contribution in [0.15, 0.2) is 36.9 Å². The second kappa shape index (κ2) is 7.61. The van der Waals surface area contributed by atoms with E-state index in [4.69, 9.17) is 0 Å². The third kappa shape index (κ3) is 4.77. The molecule has 1 fully saturated rings. The molecule has 1 aliphatic carbocycles. The summed E-state index contributed by atoms with van der Waals surface area (Å²) in [5.41, 5.74) is 2.94. The van der Waals surface area contributed by atoms with Crippen LogP contribution in [0.3, 0.4) is 0 Å². The summed E-state index contributed by atoms with van der Waals surface area (Å²) in [4.78, 5) is 2.46. The molecule has 0 saturated heterocycles. The highest BCUT2D eigenvalue weighted by molar-refractivity contribution is 5.27. The zero-order valence-electron chi connectivity index (χ0n) is 12.9. The smallest absolute Gasteiger partial charge is 0.0242 e. The maximum Gasteiger partial charge on any atom is 0.0242 e. The molecule has 0 radical (unpaired) electrons. The lowest BCUT2D eigenvalue weighted by atomic mass is 10.0. The van der Waals surface area contributed by atoms with Gasteiger partial charge >= 0.3 is 0 Å². The summed E-state index contributed by atoms with van der Waals surface area (Å²) < 4.78 is 0. The second-order valence-corrected chi connectivity index (χ2v) is 6.06. The monoisotopic (exact) mass is 272 g/mol. The van der Waals surface area contributed by atoms with Gasteiger partial charge in [0.15, 0.2) is 0 Å². The molecule has 0 spiro atoms. The molecular formula is C18H28N2. The molecule has 1 N–H and O–H groups in total. The van der Waals surface area contributed by atoms with Gasteiger partial charge in [-0.15, -0.1) is 6.58 Å². The fourth-order valence-corrected chi connectivity index (χ4v) is 2.50. The Bertz CT molecular complexity index is 421. The summed E-state index contributed by atoms with van der Waals surface area (Å²) >= 11 is 0. The predicted molar refractivity (Wildman–Crippen MR) is 86.9 cm³/mol. The Hall–Kier alpha value is -1.12. The van der Waals surface area contributed by atoms with Gasteiger partial charge in [0.25, 0.3) is 0 Å². The van der Waals surface area contributed by atoms with Gasteiger partial charge < -0.3 is 5.32 Å². The van der Waals surface area contributed by atoms with E-state index in [9.17, 15) is 0 Å². The summed E-state index contributed by atoms with van der Waals surface area (Å²) in [6, 6.07) is 10.2. The van der Waals surface area contributed by atoms with Crippen LogP contribution in [0.25, 0.3) is 0 Å². The molecule has 0 aliphatic heterocycles. The number of hydrogen-bond acceptors (Lipinski definition) is 2. The van der Waals surface area contributed by atoms with Gasteiger partial charge in [0, 0.05) is 25.2 Å². The molecule has 0 unspecified atom stereocenters. The van der Waals surface area contributed by atoms with Gasteiger partial charge in [-0.05, 0) is 50.8 Å². The van der Waals surface area contributed by atoms with Crippen LogP contribution in [0.4, 0.5) is 0 Å². The molecule has 0 atom stereocenters. The predicted octanol–water partition coefficient (Wildman–Crippen LogP) is 3.38. The van der Waals surface area contributed by atoms with Gasteiger partial charge in [0.05, 0.1) is 0 Å².